The highest BCUT2D eigenvalue weighted by atomic mass is 16.6. The highest BCUT2D eigenvalue weighted by Crippen LogP contribution is 2.67. The molecule has 0 bridgehead atoms. The molecule has 0 spiro atoms. The summed E-state index contributed by atoms with van der Waals surface area (Å²) in [5.41, 5.74) is 0.747. The van der Waals surface area contributed by atoms with Crippen LogP contribution in [0.5, 0.6) is 5.75 Å². The van der Waals surface area contributed by atoms with E-state index in [1.807, 2.05) is 48.5 Å². The molecule has 3 aromatic rings. The van der Waals surface area contributed by atoms with Crippen molar-refractivity contribution in [2.45, 2.75) is 30.3 Å². The van der Waals surface area contributed by atoms with Crippen LogP contribution in [0.2, 0.25) is 0 Å². The molecule has 1 saturated carbocycles. The third-order valence-electron chi connectivity index (χ3n) is 7.00. The van der Waals surface area contributed by atoms with Crippen molar-refractivity contribution >= 4 is 5.97 Å². The molecule has 0 N–H and O–H groups in total. The molecule has 6 heteroatoms. The van der Waals surface area contributed by atoms with Gasteiger partial charge in [-0.05, 0) is 24.0 Å². The lowest BCUT2D eigenvalue weighted by atomic mass is 9.48. The van der Waals surface area contributed by atoms with Crippen LogP contribution in [0.25, 0.3) is 0 Å². The van der Waals surface area contributed by atoms with E-state index < -0.39 is 23.1 Å². The number of hydrogen-bond acceptors (Lipinski definition) is 6. The number of esters is 1. The fraction of sp³-hybridized carbons (Fsp3) is 0.286. The van der Waals surface area contributed by atoms with Crippen LogP contribution in [0.15, 0.2) is 93.8 Å². The van der Waals surface area contributed by atoms with Crippen LogP contribution in [-0.2, 0) is 20.7 Å². The van der Waals surface area contributed by atoms with Crippen molar-refractivity contribution in [3.8, 4) is 5.75 Å². The van der Waals surface area contributed by atoms with E-state index >= 15 is 0 Å². The zero-order chi connectivity index (χ0) is 23.7. The molecule has 1 aliphatic heterocycles. The van der Waals surface area contributed by atoms with Crippen molar-refractivity contribution < 1.29 is 23.4 Å². The minimum absolute atomic E-state index is 0.119. The van der Waals surface area contributed by atoms with E-state index in [4.69, 9.17) is 18.6 Å². The maximum atomic E-state index is 12.8. The Labute approximate surface area is 197 Å². The Morgan fingerprint density at radius 2 is 1.59 bits per heavy atom. The summed E-state index contributed by atoms with van der Waals surface area (Å²) in [5, 5.41) is 0. The minimum atomic E-state index is -0.935. The topological polar surface area (TPSA) is 75.0 Å². The fourth-order valence-electron chi connectivity index (χ4n) is 5.60. The predicted octanol–water partition coefficient (Wildman–Crippen LogP) is 4.60. The SMILES string of the molecule is COC1=CC(=O)OC2(CCc3ccccc3)C1C(c1ccccc1)C2c1cc(OC)cc(=O)o1. The van der Waals surface area contributed by atoms with Crippen molar-refractivity contribution in [1.29, 1.82) is 0 Å². The summed E-state index contributed by atoms with van der Waals surface area (Å²) in [4.78, 5) is 25.1. The number of fused-ring (bicyclic) bond motifs is 1. The lowest BCUT2D eigenvalue weighted by Crippen LogP contribution is -2.64. The van der Waals surface area contributed by atoms with Crippen LogP contribution in [0, 0.1) is 5.92 Å². The summed E-state index contributed by atoms with van der Waals surface area (Å²) < 4.78 is 23.0. The van der Waals surface area contributed by atoms with Crippen molar-refractivity contribution in [1.82, 2.24) is 0 Å². The van der Waals surface area contributed by atoms with Crippen LogP contribution in [0.1, 0.15) is 35.1 Å². The molecule has 2 aromatic carbocycles. The standard InChI is InChI=1S/C28H26O6/c1-31-20-15-22(33-23(29)16-20)27-25(19-11-7-4-8-12-19)26-21(32-2)17-24(30)34-28(26,27)14-13-18-9-5-3-6-10-18/h3-12,15-17,25-27H,13-14H2,1-2H3. The summed E-state index contributed by atoms with van der Waals surface area (Å²) >= 11 is 0. The van der Waals surface area contributed by atoms with Gasteiger partial charge in [-0.25, -0.2) is 9.59 Å². The third-order valence-corrected chi connectivity index (χ3v) is 7.00. The van der Waals surface area contributed by atoms with E-state index in [0.717, 1.165) is 11.1 Å². The molecular formula is C28H26O6. The lowest BCUT2D eigenvalue weighted by molar-refractivity contribution is -0.201. The average molecular weight is 459 g/mol. The highest BCUT2D eigenvalue weighted by molar-refractivity contribution is 5.85. The first kappa shape index (κ1) is 22.0. The van der Waals surface area contributed by atoms with Gasteiger partial charge in [0.2, 0.25) is 0 Å². The van der Waals surface area contributed by atoms with Gasteiger partial charge in [0.05, 0.1) is 38.2 Å². The predicted molar refractivity (Wildman–Crippen MR) is 126 cm³/mol. The van der Waals surface area contributed by atoms with Gasteiger partial charge < -0.3 is 18.6 Å². The largest absolute Gasteiger partial charge is 0.500 e. The second kappa shape index (κ2) is 8.86. The van der Waals surface area contributed by atoms with E-state index in [1.54, 1.807) is 13.2 Å². The molecule has 34 heavy (non-hydrogen) atoms. The molecule has 174 valence electrons. The number of carbonyl (C=O) groups is 1. The van der Waals surface area contributed by atoms with Crippen molar-refractivity contribution in [3.05, 3.63) is 112 Å². The molecule has 4 unspecified atom stereocenters. The fourth-order valence-corrected chi connectivity index (χ4v) is 5.60. The second-order valence-electron chi connectivity index (χ2n) is 8.72. The van der Waals surface area contributed by atoms with E-state index in [1.165, 1.54) is 19.3 Å². The molecule has 6 nitrogen and oxygen atoms in total. The van der Waals surface area contributed by atoms with Gasteiger partial charge in [-0.1, -0.05) is 60.7 Å². The first-order valence-electron chi connectivity index (χ1n) is 11.3. The molecule has 0 saturated heterocycles. The van der Waals surface area contributed by atoms with E-state index in [0.29, 0.717) is 30.1 Å². The summed E-state index contributed by atoms with van der Waals surface area (Å²) in [6.07, 6.45) is 2.66. The Morgan fingerprint density at radius 3 is 2.26 bits per heavy atom. The molecule has 1 fully saturated rings. The van der Waals surface area contributed by atoms with Crippen molar-refractivity contribution in [2.24, 2.45) is 5.92 Å². The Kier molecular flexibility index (Phi) is 5.74. The van der Waals surface area contributed by atoms with Crippen LogP contribution in [0.3, 0.4) is 0 Å². The van der Waals surface area contributed by atoms with Gasteiger partial charge in [0.1, 0.15) is 22.9 Å². The zero-order valence-corrected chi connectivity index (χ0v) is 19.1. The molecular weight excluding hydrogens is 432 g/mol. The molecule has 1 aliphatic carbocycles. The van der Waals surface area contributed by atoms with Gasteiger partial charge in [0.25, 0.3) is 0 Å². The van der Waals surface area contributed by atoms with Gasteiger partial charge in [0, 0.05) is 12.0 Å². The quantitative estimate of drug-likeness (QED) is 0.482. The summed E-state index contributed by atoms with van der Waals surface area (Å²) in [6, 6.07) is 23.1. The normalized spacial score (nSPS) is 25.4. The number of rotatable bonds is 7. The number of ether oxygens (including phenoxy) is 3. The Balaban J connectivity index is 1.66. The van der Waals surface area contributed by atoms with Gasteiger partial charge >= 0.3 is 11.6 Å². The lowest BCUT2D eigenvalue weighted by Gasteiger charge is -2.61. The van der Waals surface area contributed by atoms with Crippen LogP contribution >= 0.6 is 0 Å². The summed E-state index contributed by atoms with van der Waals surface area (Å²) in [5.74, 6) is 0.239. The summed E-state index contributed by atoms with van der Waals surface area (Å²) in [7, 11) is 3.09. The summed E-state index contributed by atoms with van der Waals surface area (Å²) in [6.45, 7) is 0. The number of hydrogen-bond donors (Lipinski definition) is 0. The van der Waals surface area contributed by atoms with Crippen molar-refractivity contribution in [3.63, 3.8) is 0 Å². The first-order chi connectivity index (χ1) is 16.6. The van der Waals surface area contributed by atoms with Crippen LogP contribution in [-0.4, -0.2) is 25.8 Å². The Hall–Kier alpha value is -3.80. The minimum Gasteiger partial charge on any atom is -0.500 e. The Bertz CT molecular complexity index is 1260. The zero-order valence-electron chi connectivity index (χ0n) is 19.1. The molecule has 0 radical (unpaired) electrons. The molecule has 0 amide bonds. The number of aryl methyl sites for hydroxylation is 1. The third kappa shape index (κ3) is 3.69. The molecule has 2 heterocycles. The maximum absolute atomic E-state index is 12.8. The molecule has 2 aliphatic rings. The monoisotopic (exact) mass is 458 g/mol. The smallest absolute Gasteiger partial charge is 0.339 e. The van der Waals surface area contributed by atoms with E-state index in [-0.39, 0.29) is 11.8 Å². The number of carbonyl (C=O) groups excluding carboxylic acids is 1. The van der Waals surface area contributed by atoms with Crippen LogP contribution < -0.4 is 10.4 Å². The van der Waals surface area contributed by atoms with Crippen LogP contribution in [0.4, 0.5) is 0 Å². The Morgan fingerprint density at radius 1 is 0.882 bits per heavy atom. The molecule has 4 atom stereocenters. The maximum Gasteiger partial charge on any atom is 0.339 e. The van der Waals surface area contributed by atoms with E-state index in [9.17, 15) is 9.59 Å². The number of benzene rings is 2. The van der Waals surface area contributed by atoms with Gasteiger partial charge in [-0.2, -0.15) is 0 Å². The van der Waals surface area contributed by atoms with Crippen molar-refractivity contribution in [2.75, 3.05) is 14.2 Å². The van der Waals surface area contributed by atoms with Gasteiger partial charge in [-0.15, -0.1) is 0 Å². The highest BCUT2D eigenvalue weighted by Gasteiger charge is 2.69. The molecule has 1 aromatic heterocycles. The molecule has 5 rings (SSSR count). The second-order valence-corrected chi connectivity index (χ2v) is 8.72. The van der Waals surface area contributed by atoms with Gasteiger partial charge in [-0.3, -0.25) is 0 Å². The average Bonchev–Trinajstić information content (AvgIpc) is 2.85. The number of methoxy groups -OCH3 is 2. The first-order valence-corrected chi connectivity index (χ1v) is 11.3. The van der Waals surface area contributed by atoms with E-state index in [2.05, 4.69) is 12.1 Å². The van der Waals surface area contributed by atoms with Gasteiger partial charge in [0.15, 0.2) is 0 Å².